The van der Waals surface area contributed by atoms with Crippen molar-refractivity contribution in [3.05, 3.63) is 35.4 Å². The topological polar surface area (TPSA) is 43.8 Å². The van der Waals surface area contributed by atoms with E-state index in [9.17, 15) is 9.90 Å². The second kappa shape index (κ2) is 7.45. The number of hydrogen-bond donors (Lipinski definition) is 1. The molecule has 2 unspecified atom stereocenters. The maximum atomic E-state index is 12.3. The zero-order valence-electron chi connectivity index (χ0n) is 14.1. The predicted molar refractivity (Wildman–Crippen MR) is 91.3 cm³/mol. The highest BCUT2D eigenvalue weighted by molar-refractivity contribution is 5.94. The summed E-state index contributed by atoms with van der Waals surface area (Å²) in [6, 6.07) is 8.03. The van der Waals surface area contributed by atoms with Crippen LogP contribution in [-0.4, -0.2) is 53.6 Å². The Morgan fingerprint density at radius 1 is 1.17 bits per heavy atom. The number of aliphatic hydroxyl groups is 1. The van der Waals surface area contributed by atoms with E-state index in [-0.39, 0.29) is 12.0 Å². The van der Waals surface area contributed by atoms with Crippen molar-refractivity contribution in [2.45, 2.75) is 44.8 Å². The van der Waals surface area contributed by atoms with Crippen molar-refractivity contribution >= 4 is 5.91 Å². The van der Waals surface area contributed by atoms with Crippen molar-refractivity contribution in [2.75, 3.05) is 26.7 Å². The van der Waals surface area contributed by atoms with Crippen molar-refractivity contribution in [3.8, 4) is 0 Å². The number of rotatable bonds is 5. The molecule has 23 heavy (non-hydrogen) atoms. The first-order valence-electron chi connectivity index (χ1n) is 8.88. The first kappa shape index (κ1) is 16.5. The van der Waals surface area contributed by atoms with Crippen molar-refractivity contribution in [3.63, 3.8) is 0 Å². The van der Waals surface area contributed by atoms with Gasteiger partial charge in [-0.05, 0) is 56.3 Å². The number of aliphatic hydroxyl groups excluding tert-OH is 1. The van der Waals surface area contributed by atoms with Crippen LogP contribution in [0.4, 0.5) is 0 Å². The van der Waals surface area contributed by atoms with Gasteiger partial charge in [-0.1, -0.05) is 18.6 Å². The number of likely N-dealkylation sites (tertiary alicyclic amines) is 1. The van der Waals surface area contributed by atoms with Gasteiger partial charge in [0.1, 0.15) is 0 Å². The van der Waals surface area contributed by atoms with Crippen LogP contribution in [0.15, 0.2) is 24.3 Å². The van der Waals surface area contributed by atoms with Crippen LogP contribution in [0.5, 0.6) is 0 Å². The van der Waals surface area contributed by atoms with E-state index in [0.29, 0.717) is 5.92 Å². The molecule has 1 saturated carbocycles. The van der Waals surface area contributed by atoms with Gasteiger partial charge < -0.3 is 14.9 Å². The second-order valence-electron chi connectivity index (χ2n) is 7.15. The van der Waals surface area contributed by atoms with Gasteiger partial charge in [0, 0.05) is 31.7 Å². The van der Waals surface area contributed by atoms with Gasteiger partial charge in [0.15, 0.2) is 0 Å². The van der Waals surface area contributed by atoms with E-state index >= 15 is 0 Å². The molecule has 2 aliphatic rings. The average Bonchev–Trinajstić information content (AvgIpc) is 3.20. The third kappa shape index (κ3) is 4.12. The molecule has 1 aliphatic carbocycles. The highest BCUT2D eigenvalue weighted by atomic mass is 16.3. The van der Waals surface area contributed by atoms with Crippen LogP contribution in [0.3, 0.4) is 0 Å². The summed E-state index contributed by atoms with van der Waals surface area (Å²) in [5.41, 5.74) is 2.02. The van der Waals surface area contributed by atoms with Crippen LogP contribution in [0.2, 0.25) is 0 Å². The van der Waals surface area contributed by atoms with E-state index in [2.05, 4.69) is 24.1 Å². The summed E-state index contributed by atoms with van der Waals surface area (Å²) in [7, 11) is 2.11. The molecule has 1 aromatic rings. The van der Waals surface area contributed by atoms with Crippen molar-refractivity contribution in [1.29, 1.82) is 0 Å². The van der Waals surface area contributed by atoms with Gasteiger partial charge in [0.05, 0.1) is 6.10 Å². The molecule has 0 radical (unpaired) electrons. The molecule has 4 nitrogen and oxygen atoms in total. The largest absolute Gasteiger partial charge is 0.393 e. The van der Waals surface area contributed by atoms with E-state index in [1.807, 2.05) is 17.0 Å². The molecular weight excluding hydrogens is 288 g/mol. The molecule has 2 fully saturated rings. The Morgan fingerprint density at radius 3 is 2.48 bits per heavy atom. The molecule has 1 aliphatic heterocycles. The first-order valence-corrected chi connectivity index (χ1v) is 8.88. The van der Waals surface area contributed by atoms with Crippen LogP contribution in [0.25, 0.3) is 0 Å². The number of hydrogen-bond acceptors (Lipinski definition) is 3. The van der Waals surface area contributed by atoms with Crippen molar-refractivity contribution in [1.82, 2.24) is 9.80 Å². The molecule has 0 aromatic heterocycles. The lowest BCUT2D eigenvalue weighted by Crippen LogP contribution is -2.29. The van der Waals surface area contributed by atoms with Crippen LogP contribution < -0.4 is 0 Å². The average molecular weight is 316 g/mol. The summed E-state index contributed by atoms with van der Waals surface area (Å²) in [6.45, 7) is 3.59. The Balaban J connectivity index is 1.53. The molecule has 2 atom stereocenters. The van der Waals surface area contributed by atoms with Crippen molar-refractivity contribution in [2.24, 2.45) is 5.92 Å². The highest BCUT2D eigenvalue weighted by Crippen LogP contribution is 2.26. The van der Waals surface area contributed by atoms with Crippen molar-refractivity contribution < 1.29 is 9.90 Å². The molecule has 3 rings (SSSR count). The number of benzene rings is 1. The minimum absolute atomic E-state index is 0.127. The van der Waals surface area contributed by atoms with Crippen LogP contribution in [0, 0.1) is 5.92 Å². The lowest BCUT2D eigenvalue weighted by atomic mass is 10.0. The summed E-state index contributed by atoms with van der Waals surface area (Å²) in [5.74, 6) is 0.576. The predicted octanol–water partition coefficient (Wildman–Crippen LogP) is 2.52. The fourth-order valence-corrected chi connectivity index (χ4v) is 3.86. The smallest absolute Gasteiger partial charge is 0.253 e. The number of carbonyl (C=O) groups excluding carboxylic acids is 1. The van der Waals surface area contributed by atoms with Gasteiger partial charge in [-0.15, -0.1) is 0 Å². The van der Waals surface area contributed by atoms with Gasteiger partial charge in [-0.2, -0.15) is 0 Å². The fourth-order valence-electron chi connectivity index (χ4n) is 3.86. The summed E-state index contributed by atoms with van der Waals surface area (Å²) < 4.78 is 0. The van der Waals surface area contributed by atoms with Gasteiger partial charge in [-0.25, -0.2) is 0 Å². The molecule has 1 N–H and O–H groups in total. The van der Waals surface area contributed by atoms with E-state index < -0.39 is 0 Å². The molecule has 1 saturated heterocycles. The Bertz CT molecular complexity index is 523. The summed E-state index contributed by atoms with van der Waals surface area (Å²) in [5, 5.41) is 9.94. The van der Waals surface area contributed by atoms with E-state index in [1.54, 1.807) is 0 Å². The van der Waals surface area contributed by atoms with Crippen LogP contribution >= 0.6 is 0 Å². The zero-order valence-corrected chi connectivity index (χ0v) is 14.1. The third-order valence-corrected chi connectivity index (χ3v) is 5.21. The SMILES string of the molecule is CN(Cc1ccc(C(=O)N2CCCC2)cc1)CC1CCCC1O. The highest BCUT2D eigenvalue weighted by Gasteiger charge is 2.26. The van der Waals surface area contributed by atoms with Crippen LogP contribution in [-0.2, 0) is 6.54 Å². The standard InChI is InChI=1S/C19H28N2O2/c1-20(14-17-5-4-6-18(17)22)13-15-7-9-16(10-8-15)19(23)21-11-2-3-12-21/h7-10,17-18,22H,2-6,11-14H2,1H3. The maximum Gasteiger partial charge on any atom is 0.253 e. The van der Waals surface area contributed by atoms with Crippen LogP contribution in [0.1, 0.15) is 48.0 Å². The number of amides is 1. The first-order chi connectivity index (χ1) is 11.1. The van der Waals surface area contributed by atoms with Gasteiger partial charge in [0.25, 0.3) is 5.91 Å². The molecule has 1 amide bonds. The summed E-state index contributed by atoms with van der Waals surface area (Å²) >= 11 is 0. The zero-order chi connectivity index (χ0) is 16.2. The number of carbonyl (C=O) groups is 1. The van der Waals surface area contributed by atoms with E-state index in [1.165, 1.54) is 5.56 Å². The minimum Gasteiger partial charge on any atom is -0.393 e. The Hall–Kier alpha value is -1.39. The Labute approximate surface area is 139 Å². The summed E-state index contributed by atoms with van der Waals surface area (Å²) in [6.07, 6.45) is 5.36. The van der Waals surface area contributed by atoms with E-state index in [0.717, 1.165) is 63.8 Å². The second-order valence-corrected chi connectivity index (χ2v) is 7.15. The molecular formula is C19H28N2O2. The molecule has 1 heterocycles. The molecule has 126 valence electrons. The van der Waals surface area contributed by atoms with E-state index in [4.69, 9.17) is 0 Å². The molecule has 0 bridgehead atoms. The molecule has 4 heteroatoms. The maximum absolute atomic E-state index is 12.3. The normalized spacial score (nSPS) is 24.6. The monoisotopic (exact) mass is 316 g/mol. The van der Waals surface area contributed by atoms with Gasteiger partial charge >= 0.3 is 0 Å². The molecule has 0 spiro atoms. The third-order valence-electron chi connectivity index (χ3n) is 5.21. The number of nitrogens with zero attached hydrogens (tertiary/aromatic N) is 2. The minimum atomic E-state index is -0.127. The van der Waals surface area contributed by atoms with Gasteiger partial charge in [0.2, 0.25) is 0 Å². The quantitative estimate of drug-likeness (QED) is 0.908. The lowest BCUT2D eigenvalue weighted by Gasteiger charge is -2.23. The summed E-state index contributed by atoms with van der Waals surface area (Å²) in [4.78, 5) is 16.6. The van der Waals surface area contributed by atoms with Gasteiger partial charge in [-0.3, -0.25) is 4.79 Å². The fraction of sp³-hybridized carbons (Fsp3) is 0.632. The Kier molecular flexibility index (Phi) is 5.34. The Morgan fingerprint density at radius 2 is 1.87 bits per heavy atom. The lowest BCUT2D eigenvalue weighted by molar-refractivity contribution is 0.0792. The molecule has 1 aromatic carbocycles.